The number of aromatic nitrogens is 2. The van der Waals surface area contributed by atoms with E-state index in [1.165, 1.54) is 13.3 Å². The molecule has 0 spiro atoms. The third-order valence-corrected chi connectivity index (χ3v) is 3.67. The zero-order chi connectivity index (χ0) is 13.9. The molecule has 0 aromatic carbocycles. The van der Waals surface area contributed by atoms with Gasteiger partial charge in [0.05, 0.1) is 0 Å². The molecule has 0 aliphatic carbocycles. The van der Waals surface area contributed by atoms with Crippen molar-refractivity contribution in [2.75, 3.05) is 13.7 Å². The summed E-state index contributed by atoms with van der Waals surface area (Å²) in [7, 11) is -0.970. The van der Waals surface area contributed by atoms with Crippen molar-refractivity contribution in [2.24, 2.45) is 7.05 Å². The molecule has 0 aliphatic heterocycles. The van der Waals surface area contributed by atoms with Crippen molar-refractivity contribution in [3.05, 3.63) is 12.0 Å². The second kappa shape index (κ2) is 5.46. The van der Waals surface area contributed by atoms with Crippen molar-refractivity contribution in [3.63, 3.8) is 0 Å². The van der Waals surface area contributed by atoms with Gasteiger partial charge in [-0.05, 0) is 6.92 Å². The Kier molecular flexibility index (Phi) is 4.43. The largest absolute Gasteiger partial charge is 0.479 e. The number of imidazole rings is 1. The highest BCUT2D eigenvalue weighted by Gasteiger charge is 2.23. The summed E-state index contributed by atoms with van der Waals surface area (Å²) in [4.78, 5) is 14.5. The Morgan fingerprint density at radius 1 is 1.67 bits per heavy atom. The molecule has 0 radical (unpaired) electrons. The Labute approximate surface area is 105 Å². The van der Waals surface area contributed by atoms with Crippen molar-refractivity contribution in [1.82, 2.24) is 14.3 Å². The number of rotatable bonds is 6. The van der Waals surface area contributed by atoms with Crippen LogP contribution in [0.1, 0.15) is 5.82 Å². The van der Waals surface area contributed by atoms with Gasteiger partial charge in [0.2, 0.25) is 0 Å². The maximum absolute atomic E-state index is 11.8. The minimum absolute atomic E-state index is 0.150. The lowest BCUT2D eigenvalue weighted by Gasteiger charge is -2.10. The maximum atomic E-state index is 11.8. The molecule has 9 heteroatoms. The standard InChI is InChI=1S/C9H15N3O5S/c1-6-11-8(5-12(6)2)18(15,16)10-4-7(17-3)9(13)14/h5,7,10H,4H2,1-3H3,(H,13,14). The van der Waals surface area contributed by atoms with E-state index in [1.54, 1.807) is 18.5 Å². The van der Waals surface area contributed by atoms with Gasteiger partial charge in [-0.2, -0.15) is 0 Å². The Bertz CT molecular complexity index is 517. The summed E-state index contributed by atoms with van der Waals surface area (Å²) in [5, 5.41) is 8.56. The number of nitrogens with zero attached hydrogens (tertiary/aromatic N) is 2. The minimum atomic E-state index is -3.83. The predicted molar refractivity (Wildman–Crippen MR) is 61.6 cm³/mol. The average Bonchev–Trinajstić information content (AvgIpc) is 2.60. The Balaban J connectivity index is 2.80. The molecule has 102 valence electrons. The molecule has 0 aliphatic rings. The van der Waals surface area contributed by atoms with E-state index in [-0.39, 0.29) is 11.6 Å². The van der Waals surface area contributed by atoms with Gasteiger partial charge in [-0.3, -0.25) is 0 Å². The molecule has 0 saturated carbocycles. The fourth-order valence-corrected chi connectivity index (χ4v) is 2.25. The fraction of sp³-hybridized carbons (Fsp3) is 0.556. The van der Waals surface area contributed by atoms with Gasteiger partial charge in [-0.25, -0.2) is 22.9 Å². The Morgan fingerprint density at radius 3 is 2.67 bits per heavy atom. The number of ether oxygens (including phenoxy) is 1. The number of methoxy groups -OCH3 is 1. The van der Waals surface area contributed by atoms with Crippen LogP contribution in [0, 0.1) is 6.92 Å². The summed E-state index contributed by atoms with van der Waals surface area (Å²) in [5.74, 6) is -0.700. The van der Waals surface area contributed by atoms with Crippen LogP contribution in [0.15, 0.2) is 11.2 Å². The van der Waals surface area contributed by atoms with Crippen molar-refractivity contribution in [2.45, 2.75) is 18.1 Å². The molecule has 1 unspecified atom stereocenters. The van der Waals surface area contributed by atoms with Crippen LogP contribution in [-0.4, -0.2) is 48.8 Å². The van der Waals surface area contributed by atoms with Crippen molar-refractivity contribution < 1.29 is 23.1 Å². The second-order valence-corrected chi connectivity index (χ2v) is 5.37. The van der Waals surface area contributed by atoms with E-state index < -0.39 is 22.1 Å². The molecule has 0 amide bonds. The molecule has 1 aromatic heterocycles. The number of hydrogen-bond acceptors (Lipinski definition) is 5. The highest BCUT2D eigenvalue weighted by atomic mass is 32.2. The van der Waals surface area contributed by atoms with Crippen LogP contribution >= 0.6 is 0 Å². The zero-order valence-electron chi connectivity index (χ0n) is 10.2. The molecule has 1 atom stereocenters. The number of carboxylic acid groups (broad SMARTS) is 1. The quantitative estimate of drug-likeness (QED) is 0.697. The van der Waals surface area contributed by atoms with E-state index in [1.807, 2.05) is 0 Å². The van der Waals surface area contributed by atoms with E-state index in [2.05, 4.69) is 14.4 Å². The molecule has 1 rings (SSSR count). The van der Waals surface area contributed by atoms with Crippen LogP contribution < -0.4 is 4.72 Å². The summed E-state index contributed by atoms with van der Waals surface area (Å²) >= 11 is 0. The third-order valence-electron chi connectivity index (χ3n) is 2.38. The molecule has 0 saturated heterocycles. The summed E-state index contributed by atoms with van der Waals surface area (Å²) in [6, 6.07) is 0. The van der Waals surface area contributed by atoms with Gasteiger partial charge in [-0.1, -0.05) is 0 Å². The summed E-state index contributed by atoms with van der Waals surface area (Å²) in [6.45, 7) is 1.30. The lowest BCUT2D eigenvalue weighted by molar-refractivity contribution is -0.147. The normalized spacial score (nSPS) is 13.5. The van der Waals surface area contributed by atoms with Gasteiger partial charge >= 0.3 is 5.97 Å². The number of carbonyl (C=O) groups is 1. The number of nitrogens with one attached hydrogen (secondary N) is 1. The first-order valence-electron chi connectivity index (χ1n) is 5.03. The van der Waals surface area contributed by atoms with Gasteiger partial charge < -0.3 is 14.4 Å². The summed E-state index contributed by atoms with van der Waals surface area (Å²) in [5.41, 5.74) is 0. The van der Waals surface area contributed by atoms with Crippen molar-refractivity contribution in [1.29, 1.82) is 0 Å². The lowest BCUT2D eigenvalue weighted by Crippen LogP contribution is -2.37. The van der Waals surface area contributed by atoms with E-state index in [9.17, 15) is 13.2 Å². The highest BCUT2D eigenvalue weighted by molar-refractivity contribution is 7.89. The molecule has 1 aromatic rings. The van der Waals surface area contributed by atoms with Crippen LogP contribution in [0.3, 0.4) is 0 Å². The first-order chi connectivity index (χ1) is 8.27. The lowest BCUT2D eigenvalue weighted by atomic mass is 10.4. The molecular formula is C9H15N3O5S. The zero-order valence-corrected chi connectivity index (χ0v) is 11.1. The molecule has 0 fully saturated rings. The van der Waals surface area contributed by atoms with Crippen molar-refractivity contribution in [3.8, 4) is 0 Å². The highest BCUT2D eigenvalue weighted by Crippen LogP contribution is 2.07. The molecule has 18 heavy (non-hydrogen) atoms. The number of hydrogen-bond donors (Lipinski definition) is 2. The van der Waals surface area contributed by atoms with Crippen LogP contribution in [0.2, 0.25) is 0 Å². The van der Waals surface area contributed by atoms with E-state index in [0.29, 0.717) is 5.82 Å². The fourth-order valence-electron chi connectivity index (χ4n) is 1.19. The topological polar surface area (TPSA) is 111 Å². The number of carboxylic acids is 1. The summed E-state index contributed by atoms with van der Waals surface area (Å²) < 4.78 is 31.9. The third kappa shape index (κ3) is 3.28. The Hall–Kier alpha value is -1.45. The van der Waals surface area contributed by atoms with Crippen LogP contribution in [0.5, 0.6) is 0 Å². The summed E-state index contributed by atoms with van der Waals surface area (Å²) in [6.07, 6.45) is 0.116. The molecule has 8 nitrogen and oxygen atoms in total. The van der Waals surface area contributed by atoms with E-state index in [0.717, 1.165) is 0 Å². The van der Waals surface area contributed by atoms with E-state index in [4.69, 9.17) is 5.11 Å². The number of sulfonamides is 1. The number of aryl methyl sites for hydroxylation is 2. The van der Waals surface area contributed by atoms with Gasteiger partial charge in [0.1, 0.15) is 5.82 Å². The van der Waals surface area contributed by atoms with E-state index >= 15 is 0 Å². The van der Waals surface area contributed by atoms with Gasteiger partial charge in [0, 0.05) is 26.9 Å². The van der Waals surface area contributed by atoms with Crippen LogP contribution in [0.4, 0.5) is 0 Å². The molecule has 2 N–H and O–H groups in total. The SMILES string of the molecule is COC(CNS(=O)(=O)c1cn(C)c(C)n1)C(=O)O. The monoisotopic (exact) mass is 277 g/mol. The minimum Gasteiger partial charge on any atom is -0.479 e. The number of aliphatic carboxylic acids is 1. The smallest absolute Gasteiger partial charge is 0.334 e. The maximum Gasteiger partial charge on any atom is 0.334 e. The molecule has 1 heterocycles. The predicted octanol–water partition coefficient (Wildman–Crippen LogP) is -0.894. The average molecular weight is 277 g/mol. The van der Waals surface area contributed by atoms with Crippen molar-refractivity contribution >= 4 is 16.0 Å². The second-order valence-electron chi connectivity index (χ2n) is 3.65. The molecule has 0 bridgehead atoms. The van der Waals surface area contributed by atoms with Crippen LogP contribution in [0.25, 0.3) is 0 Å². The van der Waals surface area contributed by atoms with Gasteiger partial charge in [0.25, 0.3) is 10.0 Å². The first-order valence-corrected chi connectivity index (χ1v) is 6.51. The van der Waals surface area contributed by atoms with Crippen LogP contribution in [-0.2, 0) is 26.6 Å². The molecular weight excluding hydrogens is 262 g/mol. The Morgan fingerprint density at radius 2 is 2.28 bits per heavy atom. The first kappa shape index (κ1) is 14.6. The van der Waals surface area contributed by atoms with Gasteiger partial charge in [0.15, 0.2) is 11.1 Å². The van der Waals surface area contributed by atoms with Gasteiger partial charge in [-0.15, -0.1) is 0 Å².